The van der Waals surface area contributed by atoms with E-state index in [1.165, 1.54) is 6.42 Å². The molecule has 6 nitrogen and oxygen atoms in total. The van der Waals surface area contributed by atoms with E-state index in [1.807, 2.05) is 32.0 Å². The Bertz CT molecular complexity index is 1180. The topological polar surface area (TPSA) is 88.3 Å². The van der Waals surface area contributed by atoms with Crippen molar-refractivity contribution in [3.05, 3.63) is 35.2 Å². The Kier molecular flexibility index (Phi) is 4.72. The molecule has 0 spiro atoms. The zero-order valence-corrected chi connectivity index (χ0v) is 19.9. The van der Waals surface area contributed by atoms with Crippen molar-refractivity contribution in [3.8, 4) is 0 Å². The monoisotopic (exact) mass is 469 g/mol. The standard InChI is InChI=1S/C24H27N3O3S2/c1-13-18(14(2)30-27-13)11-31-22-26-19-4-3-17(6-20(19)32-22)25-21(28)23-7-15-5-16(8-23)10-24(29,9-15)12-23/h3-4,6,15-16,29H,5,7-12H2,1-2H3,(H,25,28). The summed E-state index contributed by atoms with van der Waals surface area (Å²) in [4.78, 5) is 18.1. The van der Waals surface area contributed by atoms with E-state index in [4.69, 9.17) is 9.51 Å². The minimum Gasteiger partial charge on any atom is -0.390 e. The number of thioether (sulfide) groups is 1. The summed E-state index contributed by atoms with van der Waals surface area (Å²) in [6.45, 7) is 3.90. The van der Waals surface area contributed by atoms with Gasteiger partial charge in [-0.3, -0.25) is 4.79 Å². The largest absolute Gasteiger partial charge is 0.390 e. The molecule has 1 aromatic carbocycles. The third-order valence-electron chi connectivity index (χ3n) is 7.66. The number of fused-ring (bicyclic) bond motifs is 1. The highest BCUT2D eigenvalue weighted by atomic mass is 32.2. The van der Waals surface area contributed by atoms with E-state index in [0.29, 0.717) is 18.3 Å². The molecular weight excluding hydrogens is 442 g/mol. The van der Waals surface area contributed by atoms with Crippen LogP contribution in [0.3, 0.4) is 0 Å². The van der Waals surface area contributed by atoms with Gasteiger partial charge in [0.25, 0.3) is 0 Å². The van der Waals surface area contributed by atoms with E-state index in [0.717, 1.165) is 68.7 Å². The second-order valence-electron chi connectivity index (χ2n) is 10.2. The Balaban J connectivity index is 1.18. The van der Waals surface area contributed by atoms with Crippen LogP contribution in [0.4, 0.5) is 5.69 Å². The van der Waals surface area contributed by atoms with Gasteiger partial charge in [-0.2, -0.15) is 0 Å². The molecule has 168 valence electrons. The van der Waals surface area contributed by atoms with Gasteiger partial charge in [-0.15, -0.1) is 11.3 Å². The van der Waals surface area contributed by atoms with Crippen molar-refractivity contribution in [1.82, 2.24) is 10.1 Å². The Morgan fingerprint density at radius 2 is 2.06 bits per heavy atom. The third-order valence-corrected chi connectivity index (χ3v) is 9.85. The van der Waals surface area contributed by atoms with Crippen LogP contribution in [-0.4, -0.2) is 26.8 Å². The van der Waals surface area contributed by atoms with Crippen LogP contribution in [-0.2, 0) is 10.5 Å². The van der Waals surface area contributed by atoms with Crippen LogP contribution in [0.2, 0.25) is 0 Å². The molecule has 4 aliphatic carbocycles. The van der Waals surface area contributed by atoms with Gasteiger partial charge >= 0.3 is 0 Å². The van der Waals surface area contributed by atoms with Crippen LogP contribution >= 0.6 is 23.1 Å². The molecule has 32 heavy (non-hydrogen) atoms. The number of benzene rings is 1. The van der Waals surface area contributed by atoms with Gasteiger partial charge in [-0.25, -0.2) is 4.98 Å². The Morgan fingerprint density at radius 3 is 2.75 bits per heavy atom. The van der Waals surface area contributed by atoms with Gasteiger partial charge in [0.15, 0.2) is 4.34 Å². The predicted octanol–water partition coefficient (Wildman–Crippen LogP) is 5.46. The van der Waals surface area contributed by atoms with Crippen LogP contribution in [0, 0.1) is 31.1 Å². The lowest BCUT2D eigenvalue weighted by molar-refractivity contribution is -0.174. The molecule has 2 heterocycles. The molecule has 1 amide bonds. The molecule has 8 heteroatoms. The van der Waals surface area contributed by atoms with Gasteiger partial charge in [-0.05, 0) is 82.4 Å². The van der Waals surface area contributed by atoms with Gasteiger partial charge in [0.05, 0.1) is 26.9 Å². The van der Waals surface area contributed by atoms with Crippen molar-refractivity contribution in [3.63, 3.8) is 0 Å². The molecule has 7 rings (SSSR count). The van der Waals surface area contributed by atoms with E-state index in [2.05, 4.69) is 10.5 Å². The van der Waals surface area contributed by atoms with Crippen molar-refractivity contribution in [2.45, 2.75) is 68.1 Å². The Morgan fingerprint density at radius 1 is 1.28 bits per heavy atom. The van der Waals surface area contributed by atoms with Crippen molar-refractivity contribution in [1.29, 1.82) is 0 Å². The predicted molar refractivity (Wildman–Crippen MR) is 126 cm³/mol. The number of nitrogens with zero attached hydrogens (tertiary/aromatic N) is 2. The highest BCUT2D eigenvalue weighted by Gasteiger charge is 2.60. The van der Waals surface area contributed by atoms with Crippen LogP contribution in [0.1, 0.15) is 55.5 Å². The number of anilines is 1. The van der Waals surface area contributed by atoms with Crippen molar-refractivity contribution in [2.75, 3.05) is 5.32 Å². The van der Waals surface area contributed by atoms with Gasteiger partial charge in [0, 0.05) is 17.0 Å². The molecule has 0 saturated heterocycles. The van der Waals surface area contributed by atoms with Crippen molar-refractivity contribution < 1.29 is 14.4 Å². The molecule has 4 bridgehead atoms. The Hall–Kier alpha value is -1.90. The number of rotatable bonds is 5. The summed E-state index contributed by atoms with van der Waals surface area (Å²) in [5.74, 6) is 2.71. The van der Waals surface area contributed by atoms with Crippen molar-refractivity contribution >= 4 is 44.9 Å². The summed E-state index contributed by atoms with van der Waals surface area (Å²) in [5, 5.41) is 18.2. The van der Waals surface area contributed by atoms with Crippen LogP contribution < -0.4 is 5.32 Å². The van der Waals surface area contributed by atoms with Crippen LogP contribution in [0.15, 0.2) is 27.1 Å². The number of aryl methyl sites for hydroxylation is 2. The highest BCUT2D eigenvalue weighted by Crippen LogP contribution is 2.61. The van der Waals surface area contributed by atoms with Crippen LogP contribution in [0.25, 0.3) is 10.2 Å². The van der Waals surface area contributed by atoms with Crippen LogP contribution in [0.5, 0.6) is 0 Å². The van der Waals surface area contributed by atoms with Gasteiger partial charge in [0.2, 0.25) is 5.91 Å². The number of nitrogens with one attached hydrogen (secondary N) is 1. The van der Waals surface area contributed by atoms with E-state index in [9.17, 15) is 9.90 Å². The van der Waals surface area contributed by atoms with E-state index in [1.54, 1.807) is 23.1 Å². The lowest BCUT2D eigenvalue weighted by Gasteiger charge is -2.59. The molecule has 0 aliphatic heterocycles. The maximum absolute atomic E-state index is 13.4. The molecule has 4 fully saturated rings. The summed E-state index contributed by atoms with van der Waals surface area (Å²) in [6, 6.07) is 5.95. The molecule has 3 aromatic rings. The average molecular weight is 470 g/mol. The molecular formula is C24H27N3O3S2. The summed E-state index contributed by atoms with van der Waals surface area (Å²) in [7, 11) is 0. The summed E-state index contributed by atoms with van der Waals surface area (Å²) < 4.78 is 7.31. The lowest BCUT2D eigenvalue weighted by atomic mass is 9.47. The number of aromatic nitrogens is 2. The minimum atomic E-state index is -0.629. The second-order valence-corrected chi connectivity index (χ2v) is 12.4. The molecule has 4 aliphatic rings. The smallest absolute Gasteiger partial charge is 0.230 e. The van der Waals surface area contributed by atoms with Gasteiger partial charge < -0.3 is 14.9 Å². The number of aliphatic hydroxyl groups is 1. The SMILES string of the molecule is Cc1noc(C)c1CSc1nc2ccc(NC(=O)C34CC5CC(CC(O)(C5)C3)C4)cc2s1. The number of carbonyl (C=O) groups is 1. The molecule has 0 radical (unpaired) electrons. The zero-order chi connectivity index (χ0) is 22.1. The van der Waals surface area contributed by atoms with E-state index < -0.39 is 11.0 Å². The summed E-state index contributed by atoms with van der Waals surface area (Å²) in [5.41, 5.74) is 2.78. The first-order valence-corrected chi connectivity index (χ1v) is 13.1. The van der Waals surface area contributed by atoms with Crippen molar-refractivity contribution in [2.24, 2.45) is 17.3 Å². The first kappa shape index (κ1) is 20.7. The number of amides is 1. The maximum Gasteiger partial charge on any atom is 0.230 e. The van der Waals surface area contributed by atoms with Gasteiger partial charge in [0.1, 0.15) is 5.76 Å². The molecule has 2 N–H and O–H groups in total. The number of carbonyl (C=O) groups excluding carboxylic acids is 1. The zero-order valence-electron chi connectivity index (χ0n) is 18.3. The normalized spacial score (nSPS) is 30.8. The van der Waals surface area contributed by atoms with E-state index >= 15 is 0 Å². The number of thiazole rings is 1. The fourth-order valence-electron chi connectivity index (χ4n) is 6.63. The highest BCUT2D eigenvalue weighted by molar-refractivity contribution is 8.00. The fourth-order valence-corrected chi connectivity index (χ4v) is 8.89. The molecule has 2 aromatic heterocycles. The lowest BCUT2D eigenvalue weighted by Crippen LogP contribution is -2.59. The first-order valence-electron chi connectivity index (χ1n) is 11.3. The summed E-state index contributed by atoms with van der Waals surface area (Å²) in [6.07, 6.45) is 5.38. The maximum atomic E-state index is 13.4. The average Bonchev–Trinajstić information content (AvgIpc) is 3.26. The number of hydrogen-bond donors (Lipinski definition) is 2. The minimum absolute atomic E-state index is 0.0851. The van der Waals surface area contributed by atoms with Gasteiger partial charge in [-0.1, -0.05) is 16.9 Å². The van der Waals surface area contributed by atoms with E-state index in [-0.39, 0.29) is 5.91 Å². The Labute approximate surface area is 195 Å². The molecule has 4 saturated carbocycles. The first-order chi connectivity index (χ1) is 15.3. The second kappa shape index (κ2) is 7.30. The third kappa shape index (κ3) is 3.47. The fraction of sp³-hybridized carbons (Fsp3) is 0.542. The molecule has 2 unspecified atom stereocenters. The number of hydrogen-bond acceptors (Lipinski definition) is 7. The summed E-state index contributed by atoms with van der Waals surface area (Å²) >= 11 is 3.32. The quantitative estimate of drug-likeness (QED) is 0.482. The molecule has 2 atom stereocenters.